The van der Waals surface area contributed by atoms with E-state index in [0.717, 1.165) is 67.7 Å². The molecule has 3 aromatic rings. The molecule has 0 saturated heterocycles. The highest BCUT2D eigenvalue weighted by Gasteiger charge is 2.24. The monoisotopic (exact) mass is 433 g/mol. The van der Waals surface area contributed by atoms with Crippen LogP contribution in [0.5, 0.6) is 5.75 Å². The third-order valence-corrected chi connectivity index (χ3v) is 6.47. The second-order valence-corrected chi connectivity index (χ2v) is 9.04. The summed E-state index contributed by atoms with van der Waals surface area (Å²) >= 11 is 0. The van der Waals surface area contributed by atoms with Gasteiger partial charge in [0.25, 0.3) is 0 Å². The maximum Gasteiger partial charge on any atom is 0.223 e. The fourth-order valence-electron chi connectivity index (χ4n) is 4.62. The molecule has 32 heavy (non-hydrogen) atoms. The summed E-state index contributed by atoms with van der Waals surface area (Å²) < 4.78 is 8.15. The van der Waals surface area contributed by atoms with Gasteiger partial charge >= 0.3 is 0 Å². The van der Waals surface area contributed by atoms with Crippen LogP contribution in [-0.4, -0.2) is 22.1 Å². The molecule has 1 fully saturated rings. The average molecular weight is 434 g/mol. The minimum atomic E-state index is -0.111. The lowest BCUT2D eigenvalue weighted by Crippen LogP contribution is -2.35. The summed E-state index contributed by atoms with van der Waals surface area (Å²) in [4.78, 5) is 17.7. The first-order chi connectivity index (χ1) is 15.6. The lowest BCUT2D eigenvalue weighted by atomic mass is 9.88. The number of fused-ring (bicyclic) bond motifs is 1. The van der Waals surface area contributed by atoms with Gasteiger partial charge in [0.15, 0.2) is 0 Å². The van der Waals surface area contributed by atoms with Gasteiger partial charge in [-0.2, -0.15) is 0 Å². The fraction of sp³-hybridized carbons (Fsp3) is 0.481. The zero-order valence-corrected chi connectivity index (χ0v) is 19.3. The van der Waals surface area contributed by atoms with E-state index in [4.69, 9.17) is 9.72 Å². The molecule has 5 heteroatoms. The van der Waals surface area contributed by atoms with E-state index in [1.165, 1.54) is 12.0 Å². The maximum absolute atomic E-state index is 12.8. The molecular weight excluding hydrogens is 398 g/mol. The van der Waals surface area contributed by atoms with Crippen LogP contribution in [0.15, 0.2) is 48.5 Å². The molecule has 4 rings (SSSR count). The van der Waals surface area contributed by atoms with Crippen LogP contribution in [0.2, 0.25) is 0 Å². The highest BCUT2D eigenvalue weighted by Crippen LogP contribution is 2.26. The summed E-state index contributed by atoms with van der Waals surface area (Å²) in [5, 5.41) is 3.25. The smallest absolute Gasteiger partial charge is 0.223 e. The van der Waals surface area contributed by atoms with Crippen molar-refractivity contribution in [1.82, 2.24) is 14.9 Å². The number of carbonyl (C=O) groups excluding carboxylic acids is 1. The molecule has 1 aromatic heterocycles. The van der Waals surface area contributed by atoms with Gasteiger partial charge < -0.3 is 14.6 Å². The molecule has 1 heterocycles. The first-order valence-corrected chi connectivity index (χ1v) is 12.1. The van der Waals surface area contributed by atoms with E-state index in [9.17, 15) is 4.79 Å². The normalized spacial score (nSPS) is 15.6. The molecule has 1 amide bonds. The van der Waals surface area contributed by atoms with Crippen molar-refractivity contribution >= 4 is 16.9 Å². The molecule has 1 unspecified atom stereocenters. The Labute approximate surface area is 191 Å². The Kier molecular flexibility index (Phi) is 7.46. The number of hydrogen-bond donors (Lipinski definition) is 1. The SMILES string of the molecule is Cc1ccc(OCCCCn2c(C(C)NC(=O)C3CCCCC3)nc3ccccc32)cc1. The van der Waals surface area contributed by atoms with E-state index in [1.807, 2.05) is 24.3 Å². The number of unbranched alkanes of at least 4 members (excludes halogenated alkanes) is 1. The molecule has 1 saturated carbocycles. The number of aromatic nitrogens is 2. The number of ether oxygens (including phenoxy) is 1. The Morgan fingerprint density at radius 2 is 1.84 bits per heavy atom. The molecule has 0 aliphatic heterocycles. The summed E-state index contributed by atoms with van der Waals surface area (Å²) in [6.07, 6.45) is 7.55. The van der Waals surface area contributed by atoms with E-state index >= 15 is 0 Å². The van der Waals surface area contributed by atoms with E-state index in [1.54, 1.807) is 0 Å². The number of amides is 1. The van der Waals surface area contributed by atoms with Crippen LogP contribution in [0.4, 0.5) is 0 Å². The Morgan fingerprint density at radius 1 is 1.09 bits per heavy atom. The molecule has 1 N–H and O–H groups in total. The van der Waals surface area contributed by atoms with Gasteiger partial charge in [-0.1, -0.05) is 49.1 Å². The van der Waals surface area contributed by atoms with Crippen LogP contribution in [0, 0.1) is 12.8 Å². The van der Waals surface area contributed by atoms with Crippen molar-refractivity contribution in [2.24, 2.45) is 5.92 Å². The van der Waals surface area contributed by atoms with Gasteiger partial charge in [-0.15, -0.1) is 0 Å². The van der Waals surface area contributed by atoms with Crippen LogP contribution in [0.3, 0.4) is 0 Å². The summed E-state index contributed by atoms with van der Waals surface area (Å²) in [7, 11) is 0. The molecule has 2 aromatic carbocycles. The van der Waals surface area contributed by atoms with Crippen molar-refractivity contribution in [3.8, 4) is 5.75 Å². The molecule has 0 bridgehead atoms. The zero-order valence-electron chi connectivity index (χ0n) is 19.3. The minimum absolute atomic E-state index is 0.111. The Morgan fingerprint density at radius 3 is 2.62 bits per heavy atom. The number of benzene rings is 2. The van der Waals surface area contributed by atoms with Crippen LogP contribution >= 0.6 is 0 Å². The van der Waals surface area contributed by atoms with Crippen molar-refractivity contribution in [1.29, 1.82) is 0 Å². The Balaban J connectivity index is 1.38. The van der Waals surface area contributed by atoms with Crippen molar-refractivity contribution in [3.05, 3.63) is 59.9 Å². The van der Waals surface area contributed by atoms with Gasteiger partial charge in [-0.25, -0.2) is 4.98 Å². The lowest BCUT2D eigenvalue weighted by Gasteiger charge is -2.23. The highest BCUT2D eigenvalue weighted by atomic mass is 16.5. The Bertz CT molecular complexity index is 1020. The van der Waals surface area contributed by atoms with Crippen molar-refractivity contribution < 1.29 is 9.53 Å². The largest absolute Gasteiger partial charge is 0.494 e. The van der Waals surface area contributed by atoms with Gasteiger partial charge in [0, 0.05) is 12.5 Å². The molecule has 170 valence electrons. The van der Waals surface area contributed by atoms with Crippen LogP contribution in [0.25, 0.3) is 11.0 Å². The van der Waals surface area contributed by atoms with E-state index in [0.29, 0.717) is 6.61 Å². The highest BCUT2D eigenvalue weighted by molar-refractivity contribution is 5.80. The molecule has 0 spiro atoms. The number of imidazole rings is 1. The second-order valence-electron chi connectivity index (χ2n) is 9.04. The number of para-hydroxylation sites is 2. The van der Waals surface area contributed by atoms with E-state index < -0.39 is 0 Å². The number of aryl methyl sites for hydroxylation is 2. The average Bonchev–Trinajstić information content (AvgIpc) is 3.19. The quantitative estimate of drug-likeness (QED) is 0.424. The van der Waals surface area contributed by atoms with Gasteiger partial charge in [0.2, 0.25) is 5.91 Å². The first kappa shape index (κ1) is 22.4. The van der Waals surface area contributed by atoms with Crippen molar-refractivity contribution in [2.45, 2.75) is 71.4 Å². The van der Waals surface area contributed by atoms with Crippen LogP contribution in [-0.2, 0) is 11.3 Å². The number of nitrogens with one attached hydrogen (secondary N) is 1. The van der Waals surface area contributed by atoms with Gasteiger partial charge in [0.1, 0.15) is 11.6 Å². The molecule has 1 aliphatic carbocycles. The number of nitrogens with zero attached hydrogens (tertiary/aromatic N) is 2. The predicted molar refractivity (Wildman–Crippen MR) is 129 cm³/mol. The molecule has 0 radical (unpaired) electrons. The third-order valence-electron chi connectivity index (χ3n) is 6.47. The van der Waals surface area contributed by atoms with Gasteiger partial charge in [-0.05, 0) is 63.8 Å². The van der Waals surface area contributed by atoms with Crippen molar-refractivity contribution in [3.63, 3.8) is 0 Å². The minimum Gasteiger partial charge on any atom is -0.494 e. The molecule has 5 nitrogen and oxygen atoms in total. The third kappa shape index (κ3) is 5.50. The maximum atomic E-state index is 12.8. The predicted octanol–water partition coefficient (Wildman–Crippen LogP) is 5.96. The van der Waals surface area contributed by atoms with Gasteiger partial charge in [0.05, 0.1) is 23.7 Å². The first-order valence-electron chi connectivity index (χ1n) is 12.1. The fourth-order valence-corrected chi connectivity index (χ4v) is 4.62. The Hall–Kier alpha value is -2.82. The standard InChI is InChI=1S/C27H35N3O2/c1-20-14-16-23(17-15-20)32-19-9-8-18-30-25-13-7-6-12-24(25)29-26(30)21(2)28-27(31)22-10-4-3-5-11-22/h6-7,12-17,21-22H,3-5,8-11,18-19H2,1-2H3,(H,28,31). The second kappa shape index (κ2) is 10.7. The molecule has 1 aliphatic rings. The number of hydrogen-bond acceptors (Lipinski definition) is 3. The zero-order chi connectivity index (χ0) is 22.3. The van der Waals surface area contributed by atoms with Crippen LogP contribution < -0.4 is 10.1 Å². The lowest BCUT2D eigenvalue weighted by molar-refractivity contribution is -0.126. The van der Waals surface area contributed by atoms with Gasteiger partial charge in [-0.3, -0.25) is 4.79 Å². The topological polar surface area (TPSA) is 56.1 Å². The van der Waals surface area contributed by atoms with Crippen LogP contribution in [0.1, 0.15) is 69.3 Å². The summed E-state index contributed by atoms with van der Waals surface area (Å²) in [6, 6.07) is 16.3. The summed E-state index contributed by atoms with van der Waals surface area (Å²) in [5.41, 5.74) is 3.35. The van der Waals surface area contributed by atoms with E-state index in [2.05, 4.69) is 48.0 Å². The number of carbonyl (C=O) groups is 1. The molecule has 1 atom stereocenters. The van der Waals surface area contributed by atoms with E-state index in [-0.39, 0.29) is 17.9 Å². The van der Waals surface area contributed by atoms with Crippen molar-refractivity contribution in [2.75, 3.05) is 6.61 Å². The summed E-state index contributed by atoms with van der Waals surface area (Å²) in [6.45, 7) is 5.68. The number of rotatable bonds is 9. The summed E-state index contributed by atoms with van der Waals surface area (Å²) in [5.74, 6) is 2.20. The molecular formula is C27H35N3O2.